The van der Waals surface area contributed by atoms with E-state index in [-0.39, 0.29) is 5.91 Å². The van der Waals surface area contributed by atoms with Gasteiger partial charge >= 0.3 is 0 Å². The highest BCUT2D eigenvalue weighted by atomic mass is 35.5. The van der Waals surface area contributed by atoms with Gasteiger partial charge in [0.05, 0.1) is 18.8 Å². The van der Waals surface area contributed by atoms with Gasteiger partial charge in [0.25, 0.3) is 0 Å². The van der Waals surface area contributed by atoms with Crippen molar-refractivity contribution in [2.75, 3.05) is 6.54 Å². The minimum Gasteiger partial charge on any atom is -0.331 e. The van der Waals surface area contributed by atoms with Gasteiger partial charge in [0, 0.05) is 35.1 Å². The van der Waals surface area contributed by atoms with Gasteiger partial charge in [0.2, 0.25) is 5.91 Å². The molecule has 136 valence electrons. The standard InChI is InChI=1S/C20H16ClFN4O/c1-2-18(27)25-9-10-26-17(12-25)19(13-5-7-23-8-6-13)20(24-26)15-11-14(21)3-4-16(15)22/h2-8,11H,1,9-10,12H2. The highest BCUT2D eigenvalue weighted by molar-refractivity contribution is 6.30. The summed E-state index contributed by atoms with van der Waals surface area (Å²) in [6.45, 7) is 4.98. The zero-order valence-corrected chi connectivity index (χ0v) is 15.2. The molecule has 0 radical (unpaired) electrons. The summed E-state index contributed by atoms with van der Waals surface area (Å²) in [6.07, 6.45) is 4.65. The van der Waals surface area contributed by atoms with E-state index in [0.29, 0.717) is 35.9 Å². The van der Waals surface area contributed by atoms with Crippen LogP contribution in [0.25, 0.3) is 22.4 Å². The van der Waals surface area contributed by atoms with E-state index >= 15 is 0 Å². The van der Waals surface area contributed by atoms with Gasteiger partial charge in [0.15, 0.2) is 0 Å². The molecule has 0 saturated carbocycles. The normalized spacial score (nSPS) is 13.3. The van der Waals surface area contributed by atoms with Crippen molar-refractivity contribution in [1.82, 2.24) is 19.7 Å². The monoisotopic (exact) mass is 382 g/mol. The fourth-order valence-electron chi connectivity index (χ4n) is 3.32. The molecule has 3 heterocycles. The number of aromatic nitrogens is 3. The lowest BCUT2D eigenvalue weighted by Gasteiger charge is -2.27. The van der Waals surface area contributed by atoms with Gasteiger partial charge < -0.3 is 4.90 Å². The smallest absolute Gasteiger partial charge is 0.246 e. The minimum atomic E-state index is -0.399. The van der Waals surface area contributed by atoms with E-state index in [1.54, 1.807) is 23.4 Å². The summed E-state index contributed by atoms with van der Waals surface area (Å²) in [4.78, 5) is 17.8. The lowest BCUT2D eigenvalue weighted by Crippen LogP contribution is -2.37. The highest BCUT2D eigenvalue weighted by Gasteiger charge is 2.28. The number of carbonyl (C=O) groups excluding carboxylic acids is 1. The van der Waals surface area contributed by atoms with Crippen LogP contribution in [-0.2, 0) is 17.9 Å². The maximum atomic E-state index is 14.6. The second-order valence-electron chi connectivity index (χ2n) is 6.22. The molecule has 0 unspecified atom stereocenters. The van der Waals surface area contributed by atoms with Crippen LogP contribution in [0.1, 0.15) is 5.69 Å². The number of rotatable bonds is 3. The van der Waals surface area contributed by atoms with E-state index in [2.05, 4.69) is 16.7 Å². The summed E-state index contributed by atoms with van der Waals surface area (Å²) in [5, 5.41) is 5.08. The lowest BCUT2D eigenvalue weighted by molar-refractivity contribution is -0.127. The molecule has 0 N–H and O–H groups in total. The van der Waals surface area contributed by atoms with Crippen molar-refractivity contribution in [2.45, 2.75) is 13.1 Å². The number of benzene rings is 1. The zero-order chi connectivity index (χ0) is 19.0. The Balaban J connectivity index is 1.93. The average Bonchev–Trinajstić information content (AvgIpc) is 3.08. The maximum absolute atomic E-state index is 14.6. The maximum Gasteiger partial charge on any atom is 0.246 e. The number of hydrogen-bond acceptors (Lipinski definition) is 3. The Labute approximate surface area is 160 Å². The number of amides is 1. The summed E-state index contributed by atoms with van der Waals surface area (Å²) in [5.41, 5.74) is 3.31. The SMILES string of the molecule is C=CC(=O)N1CCn2nc(-c3cc(Cl)ccc3F)c(-c3ccncc3)c2C1. The number of pyridine rings is 1. The first kappa shape index (κ1) is 17.4. The third kappa shape index (κ3) is 3.13. The van der Waals surface area contributed by atoms with Crippen molar-refractivity contribution in [3.05, 3.63) is 71.9 Å². The summed E-state index contributed by atoms with van der Waals surface area (Å²) in [5.74, 6) is -0.539. The topological polar surface area (TPSA) is 51.0 Å². The van der Waals surface area contributed by atoms with E-state index in [0.717, 1.165) is 16.8 Å². The van der Waals surface area contributed by atoms with Crippen LogP contribution in [0, 0.1) is 5.82 Å². The molecule has 2 aromatic heterocycles. The largest absolute Gasteiger partial charge is 0.331 e. The van der Waals surface area contributed by atoms with Gasteiger partial charge in [0.1, 0.15) is 11.5 Å². The molecule has 4 rings (SSSR count). The third-order valence-corrected chi connectivity index (χ3v) is 4.85. The second kappa shape index (κ2) is 6.96. The van der Waals surface area contributed by atoms with Crippen molar-refractivity contribution in [2.24, 2.45) is 0 Å². The van der Waals surface area contributed by atoms with Crippen molar-refractivity contribution >= 4 is 17.5 Å². The van der Waals surface area contributed by atoms with Crippen LogP contribution in [0.2, 0.25) is 5.02 Å². The number of hydrogen-bond donors (Lipinski definition) is 0. The quantitative estimate of drug-likeness (QED) is 0.645. The molecule has 0 atom stereocenters. The summed E-state index contributed by atoms with van der Waals surface area (Å²) in [7, 11) is 0. The molecule has 1 aliphatic rings. The number of fused-ring (bicyclic) bond motifs is 1. The van der Waals surface area contributed by atoms with E-state index in [4.69, 9.17) is 11.6 Å². The minimum absolute atomic E-state index is 0.140. The Morgan fingerprint density at radius 3 is 2.74 bits per heavy atom. The van der Waals surface area contributed by atoms with E-state index in [1.165, 1.54) is 18.2 Å². The third-order valence-electron chi connectivity index (χ3n) is 4.62. The predicted molar refractivity (Wildman–Crippen MR) is 101 cm³/mol. The summed E-state index contributed by atoms with van der Waals surface area (Å²) < 4.78 is 16.4. The molecule has 0 aliphatic carbocycles. The molecule has 0 fully saturated rings. The van der Waals surface area contributed by atoms with E-state index in [1.807, 2.05) is 16.8 Å². The molecule has 1 amide bonds. The molecule has 0 spiro atoms. The second-order valence-corrected chi connectivity index (χ2v) is 6.65. The first-order valence-corrected chi connectivity index (χ1v) is 8.83. The fourth-order valence-corrected chi connectivity index (χ4v) is 3.50. The fraction of sp³-hybridized carbons (Fsp3) is 0.150. The van der Waals surface area contributed by atoms with Crippen molar-refractivity contribution in [3.8, 4) is 22.4 Å². The van der Waals surface area contributed by atoms with E-state index < -0.39 is 5.82 Å². The van der Waals surface area contributed by atoms with Gasteiger partial charge in [-0.1, -0.05) is 18.2 Å². The molecule has 5 nitrogen and oxygen atoms in total. The first-order chi connectivity index (χ1) is 13.1. The number of nitrogens with zero attached hydrogens (tertiary/aromatic N) is 4. The molecule has 1 aromatic carbocycles. The van der Waals surface area contributed by atoms with Gasteiger partial charge in [-0.05, 0) is 42.0 Å². The molecule has 7 heteroatoms. The molecular formula is C20H16ClFN4O. The van der Waals surface area contributed by atoms with Gasteiger partial charge in [-0.3, -0.25) is 14.5 Å². The number of halogens is 2. The van der Waals surface area contributed by atoms with Crippen molar-refractivity contribution < 1.29 is 9.18 Å². The van der Waals surface area contributed by atoms with Gasteiger partial charge in [-0.2, -0.15) is 5.10 Å². The predicted octanol–water partition coefficient (Wildman–Crippen LogP) is 3.93. The van der Waals surface area contributed by atoms with E-state index in [9.17, 15) is 9.18 Å². The van der Waals surface area contributed by atoms with Crippen LogP contribution in [0.5, 0.6) is 0 Å². The van der Waals surface area contributed by atoms with Crippen molar-refractivity contribution in [1.29, 1.82) is 0 Å². The Kier molecular flexibility index (Phi) is 4.49. The van der Waals surface area contributed by atoms with Gasteiger partial charge in [-0.15, -0.1) is 0 Å². The van der Waals surface area contributed by atoms with Gasteiger partial charge in [-0.25, -0.2) is 4.39 Å². The van der Waals surface area contributed by atoms with Crippen LogP contribution in [0.15, 0.2) is 55.4 Å². The molecule has 0 saturated heterocycles. The lowest BCUT2D eigenvalue weighted by atomic mass is 9.98. The van der Waals surface area contributed by atoms with Crippen LogP contribution >= 0.6 is 11.6 Å². The Morgan fingerprint density at radius 1 is 1.22 bits per heavy atom. The molecule has 27 heavy (non-hydrogen) atoms. The Hall–Kier alpha value is -2.99. The van der Waals surface area contributed by atoms with Crippen LogP contribution in [0.4, 0.5) is 4.39 Å². The van der Waals surface area contributed by atoms with Crippen molar-refractivity contribution in [3.63, 3.8) is 0 Å². The van der Waals surface area contributed by atoms with Crippen LogP contribution in [-0.4, -0.2) is 32.1 Å². The molecular weight excluding hydrogens is 367 g/mol. The molecule has 3 aromatic rings. The molecule has 1 aliphatic heterocycles. The van der Waals surface area contributed by atoms with Crippen LogP contribution in [0.3, 0.4) is 0 Å². The highest BCUT2D eigenvalue weighted by Crippen LogP contribution is 2.38. The average molecular weight is 383 g/mol. The number of carbonyl (C=O) groups is 1. The summed E-state index contributed by atoms with van der Waals surface area (Å²) >= 11 is 6.10. The zero-order valence-electron chi connectivity index (χ0n) is 14.4. The Bertz CT molecular complexity index is 1030. The van der Waals surface area contributed by atoms with Crippen LogP contribution < -0.4 is 0 Å². The Morgan fingerprint density at radius 2 is 2.00 bits per heavy atom. The first-order valence-electron chi connectivity index (χ1n) is 8.45. The summed E-state index contributed by atoms with van der Waals surface area (Å²) in [6, 6.07) is 8.10. The molecule has 0 bridgehead atoms.